The number of likely N-dealkylation sites (tertiary alicyclic amines) is 1. The van der Waals surface area contributed by atoms with Crippen LogP contribution in [0.4, 0.5) is 4.79 Å². The van der Waals surface area contributed by atoms with Gasteiger partial charge in [0.1, 0.15) is 17.4 Å². The number of piperidine rings is 2. The van der Waals surface area contributed by atoms with Crippen molar-refractivity contribution in [1.29, 1.82) is 0 Å². The minimum Gasteiger partial charge on any atom is -0.496 e. The average molecular weight is 474 g/mol. The fourth-order valence-electron chi connectivity index (χ4n) is 4.87. The minimum atomic E-state index is -1.25. The summed E-state index contributed by atoms with van der Waals surface area (Å²) in [7, 11) is 1.48. The van der Waals surface area contributed by atoms with Crippen LogP contribution in [0.25, 0.3) is 0 Å². The molecule has 2 N–H and O–H groups in total. The van der Waals surface area contributed by atoms with Gasteiger partial charge in [-0.25, -0.2) is 4.79 Å². The van der Waals surface area contributed by atoms with Crippen molar-refractivity contribution < 1.29 is 33.8 Å². The number of hydrogen-bond donors (Lipinski definition) is 2. The summed E-state index contributed by atoms with van der Waals surface area (Å²) in [6, 6.07) is 2.61. The zero-order valence-electron chi connectivity index (χ0n) is 20.0. The van der Waals surface area contributed by atoms with Crippen LogP contribution in [0.1, 0.15) is 67.9 Å². The molecule has 0 bridgehead atoms. The Morgan fingerprint density at radius 1 is 1.18 bits per heavy atom. The Balaban J connectivity index is 1.55. The lowest BCUT2D eigenvalue weighted by atomic mass is 9.82. The highest BCUT2D eigenvalue weighted by Gasteiger charge is 2.44. The lowest BCUT2D eigenvalue weighted by Gasteiger charge is -2.39. The van der Waals surface area contributed by atoms with Crippen molar-refractivity contribution in [2.75, 3.05) is 20.2 Å². The van der Waals surface area contributed by atoms with Crippen LogP contribution in [-0.2, 0) is 26.5 Å². The van der Waals surface area contributed by atoms with E-state index < -0.39 is 29.2 Å². The van der Waals surface area contributed by atoms with E-state index in [1.54, 1.807) is 37.8 Å². The molecule has 2 saturated heterocycles. The summed E-state index contributed by atoms with van der Waals surface area (Å²) < 4.78 is 11.1. The fraction of sp³-hybridized carbons (Fsp3) is 0.583. The van der Waals surface area contributed by atoms with Gasteiger partial charge in [0, 0.05) is 36.2 Å². The van der Waals surface area contributed by atoms with Gasteiger partial charge in [0.2, 0.25) is 11.8 Å². The summed E-state index contributed by atoms with van der Waals surface area (Å²) in [5, 5.41) is 13.8. The number of benzene rings is 1. The number of ether oxygens (including phenoxy) is 2. The molecular weight excluding hydrogens is 442 g/mol. The first-order valence-electron chi connectivity index (χ1n) is 11.5. The summed E-state index contributed by atoms with van der Waals surface area (Å²) in [4.78, 5) is 52.4. The van der Waals surface area contributed by atoms with E-state index in [4.69, 9.17) is 9.47 Å². The van der Waals surface area contributed by atoms with Crippen molar-refractivity contribution >= 4 is 23.8 Å². The number of rotatable bonds is 3. The molecule has 3 heterocycles. The molecule has 3 aliphatic heterocycles. The predicted molar refractivity (Wildman–Crippen MR) is 120 cm³/mol. The number of imide groups is 1. The summed E-state index contributed by atoms with van der Waals surface area (Å²) in [5.74, 6) is -0.718. The number of hydrogen-bond acceptors (Lipinski definition) is 7. The van der Waals surface area contributed by atoms with Crippen LogP contribution in [0, 0.1) is 0 Å². The van der Waals surface area contributed by atoms with Gasteiger partial charge >= 0.3 is 6.09 Å². The van der Waals surface area contributed by atoms with Crippen LogP contribution >= 0.6 is 0 Å². The van der Waals surface area contributed by atoms with Crippen molar-refractivity contribution in [3.63, 3.8) is 0 Å². The lowest BCUT2D eigenvalue weighted by molar-refractivity contribution is -0.136. The van der Waals surface area contributed by atoms with Crippen molar-refractivity contribution in [2.45, 2.75) is 70.2 Å². The molecular formula is C24H31N3O7. The van der Waals surface area contributed by atoms with E-state index >= 15 is 0 Å². The molecule has 184 valence electrons. The third-order valence-electron chi connectivity index (χ3n) is 6.61. The molecule has 10 nitrogen and oxygen atoms in total. The third kappa shape index (κ3) is 4.34. The number of nitrogens with one attached hydrogen (secondary N) is 1. The Hall–Kier alpha value is -3.14. The highest BCUT2D eigenvalue weighted by Crippen LogP contribution is 2.43. The van der Waals surface area contributed by atoms with Gasteiger partial charge in [-0.15, -0.1) is 0 Å². The fourth-order valence-corrected chi connectivity index (χ4v) is 4.87. The van der Waals surface area contributed by atoms with Gasteiger partial charge in [0.25, 0.3) is 5.91 Å². The highest BCUT2D eigenvalue weighted by molar-refractivity contribution is 6.05. The Bertz CT molecular complexity index is 1040. The smallest absolute Gasteiger partial charge is 0.410 e. The predicted octanol–water partition coefficient (Wildman–Crippen LogP) is 1.67. The molecule has 0 aliphatic carbocycles. The number of carbonyl (C=O) groups excluding carboxylic acids is 4. The number of carbonyl (C=O) groups is 4. The van der Waals surface area contributed by atoms with E-state index in [0.717, 1.165) is 0 Å². The van der Waals surface area contributed by atoms with Gasteiger partial charge in [-0.1, -0.05) is 6.07 Å². The van der Waals surface area contributed by atoms with E-state index in [9.17, 15) is 24.3 Å². The largest absolute Gasteiger partial charge is 0.496 e. The third-order valence-corrected chi connectivity index (χ3v) is 6.61. The molecule has 4 amide bonds. The van der Waals surface area contributed by atoms with Gasteiger partial charge in [-0.05, 0) is 46.1 Å². The molecule has 1 atom stereocenters. The first-order valence-corrected chi connectivity index (χ1v) is 11.5. The Morgan fingerprint density at radius 3 is 2.44 bits per heavy atom. The van der Waals surface area contributed by atoms with Gasteiger partial charge in [-0.2, -0.15) is 0 Å². The second-order valence-corrected chi connectivity index (χ2v) is 10.1. The van der Waals surface area contributed by atoms with E-state index in [-0.39, 0.29) is 44.0 Å². The van der Waals surface area contributed by atoms with E-state index in [1.165, 1.54) is 12.0 Å². The minimum absolute atomic E-state index is 0.150. The van der Waals surface area contributed by atoms with Crippen LogP contribution in [0.5, 0.6) is 5.75 Å². The first-order chi connectivity index (χ1) is 15.9. The maximum atomic E-state index is 13.1. The SMILES string of the molecule is COc1c(C2(O)CCN(C(=O)OC(C)(C)C)CC2)ccc2c1CN(C1CCC(=O)NC1=O)C2=O. The van der Waals surface area contributed by atoms with E-state index in [1.807, 2.05) is 0 Å². The van der Waals surface area contributed by atoms with Crippen LogP contribution in [0.2, 0.25) is 0 Å². The second kappa shape index (κ2) is 8.57. The highest BCUT2D eigenvalue weighted by atomic mass is 16.6. The Labute approximate surface area is 198 Å². The van der Waals surface area contributed by atoms with Crippen molar-refractivity contribution in [1.82, 2.24) is 15.1 Å². The molecule has 0 aromatic heterocycles. The maximum Gasteiger partial charge on any atom is 0.410 e. The number of aliphatic hydroxyl groups is 1. The second-order valence-electron chi connectivity index (χ2n) is 10.1. The summed E-state index contributed by atoms with van der Waals surface area (Å²) in [6.07, 6.45) is 0.593. The van der Waals surface area contributed by atoms with Crippen LogP contribution < -0.4 is 10.1 Å². The Morgan fingerprint density at radius 2 is 1.85 bits per heavy atom. The number of nitrogens with zero attached hydrogens (tertiary/aromatic N) is 2. The van der Waals surface area contributed by atoms with Gasteiger partial charge < -0.3 is 24.4 Å². The number of fused-ring (bicyclic) bond motifs is 1. The summed E-state index contributed by atoms with van der Waals surface area (Å²) >= 11 is 0. The van der Waals surface area contributed by atoms with Gasteiger partial charge in [-0.3, -0.25) is 19.7 Å². The first kappa shape index (κ1) is 24.0. The standard InChI is InChI=1S/C24H31N3O7/c1-23(2,3)34-22(31)26-11-9-24(32,10-12-26)16-6-5-14-15(19(16)33-4)13-27(21(14)30)17-7-8-18(28)25-20(17)29/h5-6,17,32H,7-13H2,1-4H3,(H,25,28,29). The van der Waals surface area contributed by atoms with Crippen LogP contribution in [0.3, 0.4) is 0 Å². The van der Waals surface area contributed by atoms with E-state index in [2.05, 4.69) is 5.32 Å². The Kier molecular flexibility index (Phi) is 6.05. The molecule has 4 rings (SSSR count). The number of methoxy groups -OCH3 is 1. The zero-order chi connectivity index (χ0) is 24.8. The summed E-state index contributed by atoms with van der Waals surface area (Å²) in [5.41, 5.74) is -0.271. The molecule has 2 fully saturated rings. The molecule has 1 aromatic carbocycles. The molecule has 34 heavy (non-hydrogen) atoms. The molecule has 0 spiro atoms. The topological polar surface area (TPSA) is 125 Å². The maximum absolute atomic E-state index is 13.1. The van der Waals surface area contributed by atoms with Crippen molar-refractivity contribution in [2.24, 2.45) is 0 Å². The van der Waals surface area contributed by atoms with E-state index in [0.29, 0.717) is 35.5 Å². The summed E-state index contributed by atoms with van der Waals surface area (Å²) in [6.45, 7) is 6.19. The normalized spacial score (nSPS) is 22.4. The van der Waals surface area contributed by atoms with Crippen molar-refractivity contribution in [3.05, 3.63) is 28.8 Å². The molecule has 1 aromatic rings. The molecule has 3 aliphatic rings. The number of amides is 4. The van der Waals surface area contributed by atoms with Crippen molar-refractivity contribution in [3.8, 4) is 5.75 Å². The molecule has 1 unspecified atom stereocenters. The molecule has 0 radical (unpaired) electrons. The lowest BCUT2D eigenvalue weighted by Crippen LogP contribution is -2.52. The van der Waals surface area contributed by atoms with Gasteiger partial charge in [0.05, 0.1) is 19.3 Å². The van der Waals surface area contributed by atoms with Crippen LogP contribution in [-0.4, -0.2) is 70.6 Å². The zero-order valence-corrected chi connectivity index (χ0v) is 20.0. The van der Waals surface area contributed by atoms with Crippen LogP contribution in [0.15, 0.2) is 12.1 Å². The molecule has 10 heteroatoms. The monoisotopic (exact) mass is 473 g/mol. The van der Waals surface area contributed by atoms with Gasteiger partial charge in [0.15, 0.2) is 0 Å². The average Bonchev–Trinajstić information content (AvgIpc) is 3.08. The quantitative estimate of drug-likeness (QED) is 0.640. The molecule has 0 saturated carbocycles.